The van der Waals surface area contributed by atoms with Gasteiger partial charge in [0, 0.05) is 11.6 Å². The van der Waals surface area contributed by atoms with Crippen molar-refractivity contribution < 1.29 is 14.1 Å². The first-order chi connectivity index (χ1) is 8.13. The number of anilines is 1. The lowest BCUT2D eigenvalue weighted by Gasteiger charge is -2.15. The van der Waals surface area contributed by atoms with Crippen molar-refractivity contribution in [2.24, 2.45) is 5.92 Å². The fourth-order valence-electron chi connectivity index (χ4n) is 1.83. The molecule has 0 aliphatic carbocycles. The molecule has 2 N–H and O–H groups in total. The van der Waals surface area contributed by atoms with E-state index in [1.165, 1.54) is 0 Å². The quantitative estimate of drug-likeness (QED) is 0.801. The number of nitrogens with zero attached hydrogens (tertiary/aromatic N) is 1. The van der Waals surface area contributed by atoms with Crippen LogP contribution in [0.3, 0.4) is 0 Å². The Morgan fingerprint density at radius 2 is 2.18 bits per heavy atom. The molecule has 2 atom stereocenters. The molecule has 1 saturated heterocycles. The van der Waals surface area contributed by atoms with Gasteiger partial charge >= 0.3 is 0 Å². The summed E-state index contributed by atoms with van der Waals surface area (Å²) >= 11 is 0. The van der Waals surface area contributed by atoms with Crippen LogP contribution in [0.1, 0.15) is 11.3 Å². The van der Waals surface area contributed by atoms with Crippen molar-refractivity contribution in [3.63, 3.8) is 0 Å². The van der Waals surface area contributed by atoms with Crippen LogP contribution in [0.25, 0.3) is 0 Å². The SMILES string of the molecule is CNC1COCC1C(=O)Nc1onc(C)c1C. The fourth-order valence-corrected chi connectivity index (χ4v) is 1.83. The Morgan fingerprint density at radius 3 is 2.76 bits per heavy atom. The number of hydrogen-bond donors (Lipinski definition) is 2. The molecule has 6 heteroatoms. The summed E-state index contributed by atoms with van der Waals surface area (Å²) in [4.78, 5) is 12.0. The van der Waals surface area contributed by atoms with E-state index in [1.54, 1.807) is 0 Å². The van der Waals surface area contributed by atoms with Crippen molar-refractivity contribution in [1.29, 1.82) is 0 Å². The number of aromatic nitrogens is 1. The van der Waals surface area contributed by atoms with Gasteiger partial charge in [0.15, 0.2) is 0 Å². The minimum Gasteiger partial charge on any atom is -0.379 e. The van der Waals surface area contributed by atoms with Crippen LogP contribution in [0.2, 0.25) is 0 Å². The molecule has 1 amide bonds. The van der Waals surface area contributed by atoms with Crippen LogP contribution in [0, 0.1) is 19.8 Å². The largest absolute Gasteiger partial charge is 0.379 e. The van der Waals surface area contributed by atoms with Crippen LogP contribution in [0.4, 0.5) is 5.88 Å². The molecule has 1 aliphatic rings. The van der Waals surface area contributed by atoms with Crippen molar-refractivity contribution in [2.75, 3.05) is 25.6 Å². The van der Waals surface area contributed by atoms with Gasteiger partial charge in [0.05, 0.1) is 24.8 Å². The average molecular weight is 239 g/mol. The molecule has 6 nitrogen and oxygen atoms in total. The highest BCUT2D eigenvalue weighted by atomic mass is 16.5. The first kappa shape index (κ1) is 12.1. The summed E-state index contributed by atoms with van der Waals surface area (Å²) in [6, 6.07) is 0.0549. The second kappa shape index (κ2) is 4.85. The van der Waals surface area contributed by atoms with Crippen molar-refractivity contribution in [3.8, 4) is 0 Å². The molecule has 0 aromatic carbocycles. The number of aryl methyl sites for hydroxylation is 1. The van der Waals surface area contributed by atoms with Gasteiger partial charge in [-0.1, -0.05) is 5.16 Å². The molecule has 17 heavy (non-hydrogen) atoms. The summed E-state index contributed by atoms with van der Waals surface area (Å²) in [6.07, 6.45) is 0. The van der Waals surface area contributed by atoms with Crippen LogP contribution in [-0.2, 0) is 9.53 Å². The molecule has 0 saturated carbocycles. The number of carbonyl (C=O) groups is 1. The molecule has 0 bridgehead atoms. The summed E-state index contributed by atoms with van der Waals surface area (Å²) in [7, 11) is 1.82. The summed E-state index contributed by atoms with van der Waals surface area (Å²) in [6.45, 7) is 4.69. The zero-order valence-corrected chi connectivity index (χ0v) is 10.2. The summed E-state index contributed by atoms with van der Waals surface area (Å²) in [5.41, 5.74) is 1.64. The monoisotopic (exact) mass is 239 g/mol. The number of hydrogen-bond acceptors (Lipinski definition) is 5. The van der Waals surface area contributed by atoms with E-state index in [2.05, 4.69) is 15.8 Å². The lowest BCUT2D eigenvalue weighted by Crippen LogP contribution is -2.39. The Labute approximate surface area is 99.7 Å². The van der Waals surface area contributed by atoms with Gasteiger partial charge in [-0.2, -0.15) is 0 Å². The molecule has 2 rings (SSSR count). The maximum atomic E-state index is 12.0. The van der Waals surface area contributed by atoms with Crippen molar-refractivity contribution in [3.05, 3.63) is 11.3 Å². The minimum absolute atomic E-state index is 0.0549. The molecule has 0 radical (unpaired) electrons. The smallest absolute Gasteiger partial charge is 0.234 e. The van der Waals surface area contributed by atoms with Gasteiger partial charge in [0.1, 0.15) is 0 Å². The minimum atomic E-state index is -0.190. The highest BCUT2D eigenvalue weighted by molar-refractivity contribution is 5.92. The molecule has 2 heterocycles. The predicted molar refractivity (Wildman–Crippen MR) is 61.8 cm³/mol. The highest BCUT2D eigenvalue weighted by Gasteiger charge is 2.33. The van der Waals surface area contributed by atoms with Gasteiger partial charge in [-0.25, -0.2) is 0 Å². The maximum absolute atomic E-state index is 12.0. The van der Waals surface area contributed by atoms with E-state index in [0.717, 1.165) is 11.3 Å². The Hall–Kier alpha value is -1.40. The maximum Gasteiger partial charge on any atom is 0.234 e. The molecule has 2 unspecified atom stereocenters. The van der Waals surface area contributed by atoms with Gasteiger partial charge in [-0.05, 0) is 20.9 Å². The Bertz CT molecular complexity index is 416. The topological polar surface area (TPSA) is 76.4 Å². The van der Waals surface area contributed by atoms with E-state index in [0.29, 0.717) is 19.1 Å². The van der Waals surface area contributed by atoms with E-state index < -0.39 is 0 Å². The Kier molecular flexibility index (Phi) is 3.44. The predicted octanol–water partition coefficient (Wildman–Crippen LogP) is 0.464. The number of ether oxygens (including phenoxy) is 1. The van der Waals surface area contributed by atoms with Crippen LogP contribution in [-0.4, -0.2) is 37.4 Å². The van der Waals surface area contributed by atoms with Gasteiger partial charge in [0.2, 0.25) is 11.8 Å². The zero-order valence-electron chi connectivity index (χ0n) is 10.2. The van der Waals surface area contributed by atoms with Crippen LogP contribution >= 0.6 is 0 Å². The molecular weight excluding hydrogens is 222 g/mol. The van der Waals surface area contributed by atoms with Crippen molar-refractivity contribution in [1.82, 2.24) is 10.5 Å². The summed E-state index contributed by atoms with van der Waals surface area (Å²) < 4.78 is 10.3. The molecule has 1 aromatic heterocycles. The van der Waals surface area contributed by atoms with Gasteiger partial charge in [-0.3, -0.25) is 10.1 Å². The molecule has 94 valence electrons. The van der Waals surface area contributed by atoms with Crippen LogP contribution in [0.5, 0.6) is 0 Å². The first-order valence-corrected chi connectivity index (χ1v) is 5.62. The number of rotatable bonds is 3. The van der Waals surface area contributed by atoms with Gasteiger partial charge in [-0.15, -0.1) is 0 Å². The Balaban J connectivity index is 2.04. The molecule has 1 aromatic rings. The van der Waals surface area contributed by atoms with Crippen molar-refractivity contribution in [2.45, 2.75) is 19.9 Å². The summed E-state index contributed by atoms with van der Waals surface area (Å²) in [5, 5.41) is 9.62. The van der Waals surface area contributed by atoms with Crippen LogP contribution in [0.15, 0.2) is 4.52 Å². The number of carbonyl (C=O) groups excluding carboxylic acids is 1. The standard InChI is InChI=1S/C11H17N3O3/c1-6-7(2)14-17-11(6)13-10(15)8-4-16-5-9(8)12-3/h8-9,12H,4-5H2,1-3H3,(H,13,15). The zero-order chi connectivity index (χ0) is 12.4. The third-order valence-corrected chi connectivity index (χ3v) is 3.18. The van der Waals surface area contributed by atoms with E-state index in [9.17, 15) is 4.79 Å². The van der Waals surface area contributed by atoms with E-state index in [4.69, 9.17) is 9.26 Å². The summed E-state index contributed by atoms with van der Waals surface area (Å²) in [5.74, 6) is 0.139. The third-order valence-electron chi connectivity index (χ3n) is 3.18. The van der Waals surface area contributed by atoms with Crippen LogP contribution < -0.4 is 10.6 Å². The second-order valence-corrected chi connectivity index (χ2v) is 4.25. The Morgan fingerprint density at radius 1 is 1.41 bits per heavy atom. The number of nitrogens with one attached hydrogen (secondary N) is 2. The fraction of sp³-hybridized carbons (Fsp3) is 0.636. The second-order valence-electron chi connectivity index (χ2n) is 4.25. The van der Waals surface area contributed by atoms with Gasteiger partial charge < -0.3 is 14.6 Å². The third kappa shape index (κ3) is 2.32. The lowest BCUT2D eigenvalue weighted by atomic mass is 10.0. The molecule has 1 aliphatic heterocycles. The molecular formula is C11H17N3O3. The number of likely N-dealkylation sites (N-methyl/N-ethyl adjacent to an activating group) is 1. The van der Waals surface area contributed by atoms with Gasteiger partial charge in [0.25, 0.3) is 0 Å². The normalized spacial score (nSPS) is 23.9. The van der Waals surface area contributed by atoms with Crippen molar-refractivity contribution >= 4 is 11.8 Å². The molecule has 0 spiro atoms. The van der Waals surface area contributed by atoms with E-state index in [1.807, 2.05) is 20.9 Å². The van der Waals surface area contributed by atoms with E-state index >= 15 is 0 Å². The van der Waals surface area contributed by atoms with E-state index in [-0.39, 0.29) is 17.9 Å². The highest BCUT2D eigenvalue weighted by Crippen LogP contribution is 2.20. The molecule has 1 fully saturated rings. The first-order valence-electron chi connectivity index (χ1n) is 5.62. The number of amides is 1. The lowest BCUT2D eigenvalue weighted by molar-refractivity contribution is -0.120. The average Bonchev–Trinajstić information content (AvgIpc) is 2.90.